The second-order valence-corrected chi connectivity index (χ2v) is 16.0. The molecule has 0 saturated carbocycles. The normalized spacial score (nSPS) is 16.2. The van der Waals surface area contributed by atoms with Gasteiger partial charge in [-0.2, -0.15) is 0 Å². The van der Waals surface area contributed by atoms with Crippen molar-refractivity contribution in [1.82, 2.24) is 20.1 Å². The average Bonchev–Trinajstić information content (AvgIpc) is 3.80. The van der Waals surface area contributed by atoms with Crippen molar-refractivity contribution < 1.29 is 29.6 Å². The van der Waals surface area contributed by atoms with Gasteiger partial charge in [0.05, 0.1) is 18.2 Å². The Morgan fingerprint density at radius 1 is 0.836 bits per heavy atom. The standard InChI is InChI=1S/C50H50N4O7/c55-44-20-18-42(43-19-21-46(57)52-47(43)44)45(56)30-51-29-34-14-16-37(17-15-34)48(58)54-27-24-39(32-54)38-10-7-13-41(28-38)50(60,40-11-5-2-6-12-40)49(59)61-33-36-22-25-53(26-23-36)31-35-8-3-1-4-9-35/h1-21,24,28,36,45,51,55-56,60H,22-23,25-27,29-33H2,(H,52,57)/t45-,50-/m0/s1. The van der Waals surface area contributed by atoms with E-state index in [0.29, 0.717) is 47.3 Å². The molecule has 0 aliphatic carbocycles. The Hall–Kier alpha value is -6.37. The Balaban J connectivity index is 0.867. The number of piperidine rings is 1. The number of benzene rings is 5. The maximum absolute atomic E-state index is 14.0. The van der Waals surface area contributed by atoms with Gasteiger partial charge in [0.1, 0.15) is 5.75 Å². The number of carbonyl (C=O) groups excluding carboxylic acids is 2. The molecule has 2 aliphatic rings. The van der Waals surface area contributed by atoms with Crippen LogP contribution in [0.5, 0.6) is 5.75 Å². The zero-order chi connectivity index (χ0) is 42.3. The van der Waals surface area contributed by atoms with E-state index in [1.165, 1.54) is 17.7 Å². The minimum absolute atomic E-state index is 0.0656. The molecule has 0 bridgehead atoms. The van der Waals surface area contributed by atoms with Crippen molar-refractivity contribution in [3.63, 3.8) is 0 Å². The predicted molar refractivity (Wildman–Crippen MR) is 235 cm³/mol. The molecule has 1 fully saturated rings. The van der Waals surface area contributed by atoms with E-state index in [2.05, 4.69) is 39.5 Å². The van der Waals surface area contributed by atoms with Crippen LogP contribution in [-0.4, -0.2) is 81.3 Å². The molecule has 11 nitrogen and oxygen atoms in total. The molecule has 61 heavy (non-hydrogen) atoms. The fraction of sp³-hybridized carbons (Fsp3) is 0.260. The molecule has 11 heteroatoms. The van der Waals surface area contributed by atoms with Crippen molar-refractivity contribution in [2.24, 2.45) is 5.92 Å². The Kier molecular flexibility index (Phi) is 12.5. The predicted octanol–water partition coefficient (Wildman–Crippen LogP) is 6.29. The van der Waals surface area contributed by atoms with Gasteiger partial charge in [-0.25, -0.2) is 4.79 Å². The van der Waals surface area contributed by atoms with Gasteiger partial charge in [-0.15, -0.1) is 0 Å². The number of amides is 1. The maximum atomic E-state index is 14.0. The van der Waals surface area contributed by atoms with Gasteiger partial charge in [0.2, 0.25) is 11.2 Å². The number of H-pyrrole nitrogens is 1. The molecule has 3 heterocycles. The third kappa shape index (κ3) is 9.35. The van der Waals surface area contributed by atoms with Crippen LogP contribution in [0.2, 0.25) is 0 Å². The molecular weight excluding hydrogens is 769 g/mol. The number of aliphatic hydroxyl groups is 2. The molecule has 6 aromatic rings. The number of likely N-dealkylation sites (tertiary alicyclic amines) is 1. The van der Waals surface area contributed by atoms with E-state index in [1.807, 2.05) is 48.5 Å². The van der Waals surface area contributed by atoms with Crippen molar-refractivity contribution in [3.05, 3.63) is 189 Å². The van der Waals surface area contributed by atoms with E-state index in [9.17, 15) is 29.7 Å². The summed E-state index contributed by atoms with van der Waals surface area (Å²) in [4.78, 5) is 46.2. The lowest BCUT2D eigenvalue weighted by atomic mass is 9.85. The van der Waals surface area contributed by atoms with Crippen LogP contribution in [0.15, 0.2) is 144 Å². The first kappa shape index (κ1) is 41.4. The first-order valence-electron chi connectivity index (χ1n) is 20.8. The number of fused-ring (bicyclic) bond motifs is 1. The number of rotatable bonds is 14. The number of ether oxygens (including phenoxy) is 1. The quantitative estimate of drug-likeness (QED) is 0.0799. The molecule has 0 radical (unpaired) electrons. The van der Waals surface area contributed by atoms with Gasteiger partial charge in [0.15, 0.2) is 0 Å². The summed E-state index contributed by atoms with van der Waals surface area (Å²) in [6.45, 7) is 4.41. The molecular formula is C50H50N4O7. The largest absolute Gasteiger partial charge is 0.506 e. The second kappa shape index (κ2) is 18.5. The van der Waals surface area contributed by atoms with Crippen molar-refractivity contribution in [2.75, 3.05) is 39.3 Å². The minimum atomic E-state index is -2.03. The van der Waals surface area contributed by atoms with Crippen LogP contribution in [0.4, 0.5) is 0 Å². The fourth-order valence-corrected chi connectivity index (χ4v) is 8.36. The van der Waals surface area contributed by atoms with Crippen LogP contribution in [-0.2, 0) is 28.2 Å². The monoisotopic (exact) mass is 818 g/mol. The number of aromatic nitrogens is 1. The topological polar surface area (TPSA) is 155 Å². The van der Waals surface area contributed by atoms with Gasteiger partial charge in [0.25, 0.3) is 5.91 Å². The van der Waals surface area contributed by atoms with E-state index >= 15 is 0 Å². The molecule has 8 rings (SSSR count). The summed E-state index contributed by atoms with van der Waals surface area (Å²) in [5.74, 6) is -0.691. The summed E-state index contributed by atoms with van der Waals surface area (Å²) in [6, 6.07) is 40.0. The highest BCUT2D eigenvalue weighted by molar-refractivity contribution is 5.96. The number of hydrogen-bond donors (Lipinski definition) is 5. The zero-order valence-electron chi connectivity index (χ0n) is 33.9. The molecule has 2 atom stereocenters. The smallest absolute Gasteiger partial charge is 0.347 e. The summed E-state index contributed by atoms with van der Waals surface area (Å²) < 4.78 is 5.94. The highest BCUT2D eigenvalue weighted by Crippen LogP contribution is 2.35. The van der Waals surface area contributed by atoms with Gasteiger partial charge in [-0.3, -0.25) is 14.5 Å². The first-order valence-corrected chi connectivity index (χ1v) is 20.8. The van der Waals surface area contributed by atoms with Crippen LogP contribution in [0.3, 0.4) is 0 Å². The highest BCUT2D eigenvalue weighted by atomic mass is 16.5. The minimum Gasteiger partial charge on any atom is -0.506 e. The summed E-state index contributed by atoms with van der Waals surface area (Å²) in [7, 11) is 0. The fourth-order valence-electron chi connectivity index (χ4n) is 8.36. The molecule has 0 spiro atoms. The molecule has 1 saturated heterocycles. The number of pyridine rings is 1. The van der Waals surface area contributed by atoms with Crippen LogP contribution >= 0.6 is 0 Å². The van der Waals surface area contributed by atoms with Crippen LogP contribution in [0, 0.1) is 5.92 Å². The van der Waals surface area contributed by atoms with Crippen molar-refractivity contribution >= 4 is 28.4 Å². The van der Waals surface area contributed by atoms with Crippen LogP contribution < -0.4 is 10.9 Å². The molecule has 1 aromatic heterocycles. The summed E-state index contributed by atoms with van der Waals surface area (Å²) in [6.07, 6.45) is 2.92. The number of nitrogens with zero attached hydrogens (tertiary/aromatic N) is 2. The van der Waals surface area contributed by atoms with Crippen molar-refractivity contribution in [3.8, 4) is 5.75 Å². The number of phenolic OH excluding ortho intramolecular Hbond substituents is 1. The van der Waals surface area contributed by atoms with Crippen LogP contribution in [0.25, 0.3) is 16.5 Å². The SMILES string of the molecule is O=C(c1ccc(CNC[C@H](O)c2ccc(O)c3[nH]c(=O)ccc23)cc1)N1CC=C(c2cccc([C@](O)(C(=O)OCC3CCN(Cc4ccccc4)CC3)c3ccccc3)c2)C1. The number of nitrogens with one attached hydrogen (secondary N) is 2. The Labute approximate surface area is 354 Å². The molecule has 1 amide bonds. The lowest BCUT2D eigenvalue weighted by Crippen LogP contribution is -2.40. The Morgan fingerprint density at radius 2 is 1.56 bits per heavy atom. The number of aromatic amines is 1. The van der Waals surface area contributed by atoms with E-state index in [1.54, 1.807) is 59.5 Å². The Morgan fingerprint density at radius 3 is 2.31 bits per heavy atom. The third-order valence-corrected chi connectivity index (χ3v) is 11.9. The number of carbonyl (C=O) groups is 2. The van der Waals surface area contributed by atoms with Gasteiger partial charge in [-0.05, 0) is 95.6 Å². The third-order valence-electron chi connectivity index (χ3n) is 11.9. The Bertz CT molecular complexity index is 2570. The van der Waals surface area contributed by atoms with E-state index in [4.69, 9.17) is 4.74 Å². The lowest BCUT2D eigenvalue weighted by molar-refractivity contribution is -0.164. The number of hydrogen-bond acceptors (Lipinski definition) is 9. The highest BCUT2D eigenvalue weighted by Gasteiger charge is 2.42. The summed E-state index contributed by atoms with van der Waals surface area (Å²) in [5, 5.41) is 37.2. The van der Waals surface area contributed by atoms with E-state index < -0.39 is 17.7 Å². The van der Waals surface area contributed by atoms with Crippen LogP contribution in [0.1, 0.15) is 62.7 Å². The molecule has 5 N–H and O–H groups in total. The molecule has 5 aromatic carbocycles. The number of aliphatic hydroxyl groups excluding tert-OH is 1. The molecule has 0 unspecified atom stereocenters. The maximum Gasteiger partial charge on any atom is 0.347 e. The first-order chi connectivity index (χ1) is 29.7. The molecule has 312 valence electrons. The van der Waals surface area contributed by atoms with Gasteiger partial charge in [-0.1, -0.05) is 103 Å². The van der Waals surface area contributed by atoms with Crippen molar-refractivity contribution in [1.29, 1.82) is 0 Å². The van der Waals surface area contributed by atoms with E-state index in [0.717, 1.165) is 49.2 Å². The average molecular weight is 819 g/mol. The van der Waals surface area contributed by atoms with Gasteiger partial charge >= 0.3 is 5.97 Å². The lowest BCUT2D eigenvalue weighted by Gasteiger charge is -2.33. The number of esters is 1. The summed E-state index contributed by atoms with van der Waals surface area (Å²) >= 11 is 0. The van der Waals surface area contributed by atoms with Gasteiger partial charge in [0, 0.05) is 55.3 Å². The number of aromatic hydroxyl groups is 1. The zero-order valence-corrected chi connectivity index (χ0v) is 33.9. The molecule has 2 aliphatic heterocycles. The summed E-state index contributed by atoms with van der Waals surface area (Å²) in [5.41, 5.74) is 3.77. The van der Waals surface area contributed by atoms with Gasteiger partial charge < -0.3 is 35.3 Å². The second-order valence-electron chi connectivity index (χ2n) is 16.0. The number of phenols is 1. The van der Waals surface area contributed by atoms with Crippen molar-refractivity contribution in [2.45, 2.75) is 37.6 Å². The van der Waals surface area contributed by atoms with E-state index in [-0.39, 0.29) is 41.8 Å².